The van der Waals surface area contributed by atoms with Gasteiger partial charge in [0.2, 0.25) is 5.78 Å². The minimum atomic E-state index is -1.04. The zero-order valence-corrected chi connectivity index (χ0v) is 18.8. The van der Waals surface area contributed by atoms with Crippen LogP contribution >= 0.6 is 0 Å². The number of Topliss-reactive ketones (excluding diaryl/α,β-unsaturated/α-hetero) is 1. The highest BCUT2D eigenvalue weighted by Crippen LogP contribution is 2.32. The van der Waals surface area contributed by atoms with Crippen molar-refractivity contribution in [3.8, 4) is 11.1 Å². The van der Waals surface area contributed by atoms with Crippen LogP contribution in [0.4, 0.5) is 20.2 Å². The number of ketones is 1. The number of anilines is 2. The molecular weight excluding hydrogens is 442 g/mol. The number of hydrogen-bond donors (Lipinski definition) is 1. The Labute approximate surface area is 195 Å². The van der Waals surface area contributed by atoms with Crippen LogP contribution < -0.4 is 5.32 Å². The molecule has 0 fully saturated rings. The van der Waals surface area contributed by atoms with E-state index in [2.05, 4.69) is 10.5 Å². The normalized spacial score (nSPS) is 14.4. The summed E-state index contributed by atoms with van der Waals surface area (Å²) in [5, 5.41) is 6.62. The van der Waals surface area contributed by atoms with Crippen LogP contribution in [0.1, 0.15) is 36.7 Å². The van der Waals surface area contributed by atoms with Crippen molar-refractivity contribution >= 4 is 28.8 Å². The number of halogens is 2. The summed E-state index contributed by atoms with van der Waals surface area (Å²) in [6.45, 7) is 5.10. The predicted molar refractivity (Wildman–Crippen MR) is 124 cm³/mol. The minimum Gasteiger partial charge on any atom is -0.462 e. The summed E-state index contributed by atoms with van der Waals surface area (Å²) in [4.78, 5) is 30.6. The molecule has 0 bridgehead atoms. The zero-order valence-electron chi connectivity index (χ0n) is 18.8. The Balaban J connectivity index is 1.75. The number of esters is 1. The second-order valence-corrected chi connectivity index (χ2v) is 8.15. The fourth-order valence-electron chi connectivity index (χ4n) is 3.56. The summed E-state index contributed by atoms with van der Waals surface area (Å²) < 4.78 is 33.4. The van der Waals surface area contributed by atoms with Gasteiger partial charge in [-0.2, -0.15) is 0 Å². The van der Waals surface area contributed by atoms with Crippen molar-refractivity contribution in [2.24, 2.45) is 5.16 Å². The predicted octanol–water partition coefficient (Wildman–Crippen LogP) is 5.63. The minimum absolute atomic E-state index is 0.148. The maximum absolute atomic E-state index is 14.1. The highest BCUT2D eigenvalue weighted by Gasteiger charge is 2.40. The summed E-state index contributed by atoms with van der Waals surface area (Å²) in [5.41, 5.74) is 1.00. The van der Waals surface area contributed by atoms with Crippen LogP contribution in [0.25, 0.3) is 11.1 Å². The summed E-state index contributed by atoms with van der Waals surface area (Å²) in [7, 11) is 0. The van der Waals surface area contributed by atoms with E-state index in [0.717, 1.165) is 12.1 Å². The third kappa shape index (κ3) is 4.39. The van der Waals surface area contributed by atoms with E-state index in [1.165, 1.54) is 12.1 Å². The second-order valence-electron chi connectivity index (χ2n) is 8.15. The number of nitrogens with zero attached hydrogens (tertiary/aromatic N) is 1. The Morgan fingerprint density at radius 1 is 1.03 bits per heavy atom. The van der Waals surface area contributed by atoms with E-state index in [4.69, 9.17) is 9.57 Å². The lowest BCUT2D eigenvalue weighted by molar-refractivity contribution is -0.128. The number of carbonyl (C=O) groups excluding carboxylic acids is 2. The molecule has 1 aliphatic rings. The second kappa shape index (κ2) is 9.05. The number of nitrogens with one attached hydrogen (secondary N) is 1. The fourth-order valence-corrected chi connectivity index (χ4v) is 3.56. The van der Waals surface area contributed by atoms with E-state index in [9.17, 15) is 18.4 Å². The van der Waals surface area contributed by atoms with Gasteiger partial charge in [0.25, 0.3) is 0 Å². The smallest absolute Gasteiger partial charge is 0.338 e. The van der Waals surface area contributed by atoms with Gasteiger partial charge in [0.15, 0.2) is 11.3 Å². The van der Waals surface area contributed by atoms with Crippen LogP contribution in [-0.2, 0) is 14.4 Å². The molecule has 1 heterocycles. The van der Waals surface area contributed by atoms with Gasteiger partial charge in [0, 0.05) is 11.3 Å². The van der Waals surface area contributed by atoms with E-state index >= 15 is 0 Å². The van der Waals surface area contributed by atoms with Crippen LogP contribution in [0.2, 0.25) is 0 Å². The van der Waals surface area contributed by atoms with Crippen molar-refractivity contribution in [1.82, 2.24) is 0 Å². The van der Waals surface area contributed by atoms with Crippen molar-refractivity contribution in [3.63, 3.8) is 0 Å². The zero-order chi connectivity index (χ0) is 24.5. The molecule has 0 atom stereocenters. The summed E-state index contributed by atoms with van der Waals surface area (Å²) in [6, 6.07) is 15.2. The van der Waals surface area contributed by atoms with Gasteiger partial charge in [0.05, 0.1) is 12.2 Å². The van der Waals surface area contributed by atoms with E-state index in [0.29, 0.717) is 22.4 Å². The standard InChI is InChI=1S/C26H22F2N2O4/c1-4-33-25(32)19-14-17(29-23-20(27)9-6-10-21(23)28)11-12-18(19)15-7-5-8-16(13-15)22-24(31)26(2,3)34-30-22/h5-14,29H,4H2,1-3H3. The molecule has 0 saturated carbocycles. The Hall–Kier alpha value is -4.07. The first-order chi connectivity index (χ1) is 16.2. The molecule has 0 aromatic heterocycles. The molecule has 0 unspecified atom stereocenters. The average Bonchev–Trinajstić information content (AvgIpc) is 3.09. The number of hydrogen-bond acceptors (Lipinski definition) is 6. The molecule has 34 heavy (non-hydrogen) atoms. The topological polar surface area (TPSA) is 77.0 Å². The van der Waals surface area contributed by atoms with Crippen LogP contribution in [-0.4, -0.2) is 29.7 Å². The summed E-state index contributed by atoms with van der Waals surface area (Å²) >= 11 is 0. The van der Waals surface area contributed by atoms with Gasteiger partial charge in [-0.05, 0) is 62.2 Å². The van der Waals surface area contributed by atoms with Crippen molar-refractivity contribution in [2.45, 2.75) is 26.4 Å². The molecule has 0 saturated heterocycles. The lowest BCUT2D eigenvalue weighted by atomic mass is 9.92. The third-order valence-corrected chi connectivity index (χ3v) is 5.32. The average molecular weight is 464 g/mol. The fraction of sp³-hybridized carbons (Fsp3) is 0.192. The van der Waals surface area contributed by atoms with E-state index < -0.39 is 23.2 Å². The molecule has 1 aliphatic heterocycles. The molecule has 0 amide bonds. The van der Waals surface area contributed by atoms with Gasteiger partial charge in [-0.15, -0.1) is 0 Å². The third-order valence-electron chi connectivity index (χ3n) is 5.32. The molecule has 3 aromatic rings. The first-order valence-electron chi connectivity index (χ1n) is 10.6. The van der Waals surface area contributed by atoms with Crippen LogP contribution in [0, 0.1) is 11.6 Å². The number of para-hydroxylation sites is 1. The van der Waals surface area contributed by atoms with Crippen molar-refractivity contribution in [1.29, 1.82) is 0 Å². The van der Waals surface area contributed by atoms with E-state index in [1.54, 1.807) is 57.2 Å². The van der Waals surface area contributed by atoms with Gasteiger partial charge in [-0.3, -0.25) is 4.79 Å². The molecule has 6 nitrogen and oxygen atoms in total. The van der Waals surface area contributed by atoms with Gasteiger partial charge in [-0.25, -0.2) is 13.6 Å². The Morgan fingerprint density at radius 2 is 1.71 bits per heavy atom. The molecule has 3 aromatic carbocycles. The first kappa shape index (κ1) is 23.1. The number of benzene rings is 3. The number of ether oxygens (including phenoxy) is 1. The van der Waals surface area contributed by atoms with Crippen LogP contribution in [0.15, 0.2) is 65.8 Å². The Bertz CT molecular complexity index is 1300. The van der Waals surface area contributed by atoms with Crippen molar-refractivity contribution in [2.75, 3.05) is 11.9 Å². The SMILES string of the molecule is CCOC(=O)c1cc(Nc2c(F)cccc2F)ccc1-c1cccc(C2=NOC(C)(C)C2=O)c1. The summed E-state index contributed by atoms with van der Waals surface area (Å²) in [6.07, 6.45) is 0. The Kier molecular flexibility index (Phi) is 6.15. The van der Waals surface area contributed by atoms with Crippen LogP contribution in [0.3, 0.4) is 0 Å². The molecule has 1 N–H and O–H groups in total. The lowest BCUT2D eigenvalue weighted by Crippen LogP contribution is -2.33. The van der Waals surface area contributed by atoms with Crippen molar-refractivity contribution in [3.05, 3.63) is 83.4 Å². The van der Waals surface area contributed by atoms with Crippen molar-refractivity contribution < 1.29 is 27.9 Å². The Morgan fingerprint density at radius 3 is 2.35 bits per heavy atom. The molecule has 174 valence electrons. The highest BCUT2D eigenvalue weighted by molar-refractivity contribution is 6.49. The van der Waals surface area contributed by atoms with E-state index in [1.807, 2.05) is 0 Å². The van der Waals surface area contributed by atoms with Gasteiger partial charge in [0.1, 0.15) is 17.3 Å². The van der Waals surface area contributed by atoms with Gasteiger partial charge < -0.3 is 14.9 Å². The first-order valence-corrected chi connectivity index (χ1v) is 10.6. The molecule has 0 radical (unpaired) electrons. The van der Waals surface area contributed by atoms with Gasteiger partial charge >= 0.3 is 5.97 Å². The maximum Gasteiger partial charge on any atom is 0.338 e. The molecule has 0 spiro atoms. The molecular formula is C26H22F2N2O4. The number of carbonyl (C=O) groups is 2. The lowest BCUT2D eigenvalue weighted by Gasteiger charge is -2.14. The number of oxime groups is 1. The summed E-state index contributed by atoms with van der Waals surface area (Å²) in [5.74, 6) is -2.37. The monoisotopic (exact) mass is 464 g/mol. The molecule has 0 aliphatic carbocycles. The quantitative estimate of drug-likeness (QED) is 0.478. The van der Waals surface area contributed by atoms with Crippen LogP contribution in [0.5, 0.6) is 0 Å². The number of rotatable bonds is 6. The molecule has 8 heteroatoms. The highest BCUT2D eigenvalue weighted by atomic mass is 19.1. The largest absolute Gasteiger partial charge is 0.462 e. The van der Waals surface area contributed by atoms with Gasteiger partial charge in [-0.1, -0.05) is 35.5 Å². The molecule has 4 rings (SSSR count). The maximum atomic E-state index is 14.1. The van der Waals surface area contributed by atoms with E-state index in [-0.39, 0.29) is 29.4 Å².